The number of amides is 2. The normalized spacial score (nSPS) is 10.0. The van der Waals surface area contributed by atoms with Gasteiger partial charge in [0.25, 0.3) is 11.8 Å². The molecule has 0 aliphatic heterocycles. The minimum Gasteiger partial charge on any atom is -0.493 e. The second-order valence-electron chi connectivity index (χ2n) is 6.09. The van der Waals surface area contributed by atoms with Gasteiger partial charge in [0, 0.05) is 11.3 Å². The zero-order valence-electron chi connectivity index (χ0n) is 16.6. The highest BCUT2D eigenvalue weighted by atomic mass is 16.5. The molecule has 0 radical (unpaired) electrons. The smallest absolute Gasteiger partial charge is 0.269 e. The average Bonchev–Trinajstić information content (AvgIpc) is 2.71. The van der Waals surface area contributed by atoms with Crippen LogP contribution in [0.2, 0.25) is 0 Å². The molecule has 0 spiro atoms. The van der Waals surface area contributed by atoms with Gasteiger partial charge < -0.3 is 19.5 Å². The van der Waals surface area contributed by atoms with E-state index in [1.807, 2.05) is 32.0 Å². The van der Waals surface area contributed by atoms with Gasteiger partial charge in [-0.15, -0.1) is 0 Å². The molecule has 2 aromatic rings. The Balaban J connectivity index is 1.97. The first-order chi connectivity index (χ1) is 13.4. The fourth-order valence-electron chi connectivity index (χ4n) is 2.56. The molecular formula is C20H25N3O5. The molecule has 3 N–H and O–H groups in total. The van der Waals surface area contributed by atoms with Gasteiger partial charge >= 0.3 is 0 Å². The number of carbonyl (C=O) groups excluding carboxylic acids is 2. The van der Waals surface area contributed by atoms with Gasteiger partial charge in [-0.3, -0.25) is 20.4 Å². The second-order valence-corrected chi connectivity index (χ2v) is 6.09. The second kappa shape index (κ2) is 9.50. The van der Waals surface area contributed by atoms with Crippen molar-refractivity contribution in [2.24, 2.45) is 0 Å². The maximum absolute atomic E-state index is 12.4. The van der Waals surface area contributed by atoms with Crippen LogP contribution in [-0.2, 0) is 4.79 Å². The molecule has 150 valence electrons. The number of hydrogen-bond acceptors (Lipinski definition) is 6. The van der Waals surface area contributed by atoms with E-state index in [1.165, 1.54) is 33.5 Å². The predicted octanol–water partition coefficient (Wildman–Crippen LogP) is 2.20. The number of hydrazine groups is 1. The summed E-state index contributed by atoms with van der Waals surface area (Å²) in [6, 6.07) is 8.92. The summed E-state index contributed by atoms with van der Waals surface area (Å²) in [5, 5.41) is 3.05. The van der Waals surface area contributed by atoms with Crippen molar-refractivity contribution in [3.05, 3.63) is 47.0 Å². The first-order valence-corrected chi connectivity index (χ1v) is 8.60. The number of hydrogen-bond donors (Lipinski definition) is 3. The van der Waals surface area contributed by atoms with Crippen molar-refractivity contribution < 1.29 is 23.8 Å². The zero-order chi connectivity index (χ0) is 20.7. The Morgan fingerprint density at radius 3 is 2.11 bits per heavy atom. The maximum atomic E-state index is 12.4. The molecular weight excluding hydrogens is 362 g/mol. The van der Waals surface area contributed by atoms with E-state index in [1.54, 1.807) is 0 Å². The van der Waals surface area contributed by atoms with Crippen molar-refractivity contribution in [2.45, 2.75) is 13.8 Å². The molecule has 8 nitrogen and oxygen atoms in total. The number of benzene rings is 2. The first kappa shape index (κ1) is 20.9. The van der Waals surface area contributed by atoms with E-state index in [-0.39, 0.29) is 18.0 Å². The van der Waals surface area contributed by atoms with Crippen LogP contribution >= 0.6 is 0 Å². The third-order valence-electron chi connectivity index (χ3n) is 4.07. The van der Waals surface area contributed by atoms with Crippen LogP contribution in [0.3, 0.4) is 0 Å². The molecule has 0 heterocycles. The van der Waals surface area contributed by atoms with Crippen molar-refractivity contribution in [3.63, 3.8) is 0 Å². The molecule has 0 saturated carbocycles. The molecule has 8 heteroatoms. The first-order valence-electron chi connectivity index (χ1n) is 8.60. The van der Waals surface area contributed by atoms with E-state index in [0.717, 1.165) is 16.8 Å². The average molecular weight is 387 g/mol. The lowest BCUT2D eigenvalue weighted by Crippen LogP contribution is -2.44. The fourth-order valence-corrected chi connectivity index (χ4v) is 2.56. The lowest BCUT2D eigenvalue weighted by Gasteiger charge is -2.14. The van der Waals surface area contributed by atoms with Crippen molar-refractivity contribution in [1.82, 2.24) is 10.9 Å². The Kier molecular flexibility index (Phi) is 7.08. The van der Waals surface area contributed by atoms with E-state index in [0.29, 0.717) is 17.2 Å². The van der Waals surface area contributed by atoms with Crippen LogP contribution < -0.4 is 30.4 Å². The van der Waals surface area contributed by atoms with E-state index in [2.05, 4.69) is 16.2 Å². The Labute approximate surface area is 164 Å². The van der Waals surface area contributed by atoms with Gasteiger partial charge in [-0.2, -0.15) is 0 Å². The summed E-state index contributed by atoms with van der Waals surface area (Å²) in [5.41, 5.74) is 7.97. The molecule has 28 heavy (non-hydrogen) atoms. The number of methoxy groups -OCH3 is 3. The van der Waals surface area contributed by atoms with Crippen molar-refractivity contribution in [2.75, 3.05) is 33.2 Å². The van der Waals surface area contributed by atoms with Crippen LogP contribution in [0.5, 0.6) is 17.2 Å². The quantitative estimate of drug-likeness (QED) is 0.630. The molecule has 2 amide bonds. The van der Waals surface area contributed by atoms with Crippen molar-refractivity contribution in [3.8, 4) is 17.2 Å². The summed E-state index contributed by atoms with van der Waals surface area (Å²) >= 11 is 0. The van der Waals surface area contributed by atoms with Gasteiger partial charge in [-0.1, -0.05) is 12.1 Å². The molecule has 0 fully saturated rings. The molecule has 0 saturated heterocycles. The predicted molar refractivity (Wildman–Crippen MR) is 106 cm³/mol. The molecule has 0 aromatic heterocycles. The Morgan fingerprint density at radius 2 is 1.54 bits per heavy atom. The van der Waals surface area contributed by atoms with E-state index in [4.69, 9.17) is 14.2 Å². The highest BCUT2D eigenvalue weighted by molar-refractivity contribution is 5.97. The van der Waals surface area contributed by atoms with Gasteiger partial charge in [0.05, 0.1) is 27.9 Å². The van der Waals surface area contributed by atoms with Gasteiger partial charge in [-0.25, -0.2) is 0 Å². The van der Waals surface area contributed by atoms with Crippen LogP contribution in [0.1, 0.15) is 21.5 Å². The number of nitrogens with one attached hydrogen (secondary N) is 3. The third kappa shape index (κ3) is 5.06. The largest absolute Gasteiger partial charge is 0.493 e. The molecule has 0 unspecified atom stereocenters. The Morgan fingerprint density at radius 1 is 0.893 bits per heavy atom. The number of aryl methyl sites for hydroxylation is 2. The van der Waals surface area contributed by atoms with E-state index in [9.17, 15) is 9.59 Å². The molecule has 0 bridgehead atoms. The van der Waals surface area contributed by atoms with E-state index >= 15 is 0 Å². The van der Waals surface area contributed by atoms with Gasteiger partial charge in [0.2, 0.25) is 5.75 Å². The topological polar surface area (TPSA) is 97.9 Å². The van der Waals surface area contributed by atoms with Crippen LogP contribution in [0.4, 0.5) is 5.69 Å². The van der Waals surface area contributed by atoms with Crippen molar-refractivity contribution in [1.29, 1.82) is 0 Å². The van der Waals surface area contributed by atoms with Crippen molar-refractivity contribution >= 4 is 17.5 Å². The summed E-state index contributed by atoms with van der Waals surface area (Å²) in [4.78, 5) is 24.4. The van der Waals surface area contributed by atoms with Crippen LogP contribution in [0, 0.1) is 13.8 Å². The molecule has 0 aliphatic carbocycles. The lowest BCUT2D eigenvalue weighted by molar-refractivity contribution is -0.120. The number of carbonyl (C=O) groups is 2. The van der Waals surface area contributed by atoms with Crippen LogP contribution in [-0.4, -0.2) is 39.7 Å². The maximum Gasteiger partial charge on any atom is 0.269 e. The highest BCUT2D eigenvalue weighted by Crippen LogP contribution is 2.38. The molecule has 2 aromatic carbocycles. The molecule has 2 rings (SSSR count). The minimum atomic E-state index is -0.515. The zero-order valence-corrected chi connectivity index (χ0v) is 16.6. The van der Waals surface area contributed by atoms with Gasteiger partial charge in [-0.05, 0) is 43.2 Å². The monoisotopic (exact) mass is 387 g/mol. The fraction of sp³-hybridized carbons (Fsp3) is 0.300. The van der Waals surface area contributed by atoms with E-state index < -0.39 is 5.91 Å². The van der Waals surface area contributed by atoms with Crippen LogP contribution in [0.25, 0.3) is 0 Å². The van der Waals surface area contributed by atoms with Gasteiger partial charge in [0.15, 0.2) is 11.5 Å². The minimum absolute atomic E-state index is 0.0137. The molecule has 0 aliphatic rings. The SMILES string of the molecule is COc1cc(C(=O)NNC(=O)CNc2cc(C)ccc2C)cc(OC)c1OC. The summed E-state index contributed by atoms with van der Waals surface area (Å²) in [6.07, 6.45) is 0. The number of anilines is 1. The summed E-state index contributed by atoms with van der Waals surface area (Å²) in [7, 11) is 4.39. The Bertz CT molecular complexity index is 842. The number of ether oxygens (including phenoxy) is 3. The Hall–Kier alpha value is -3.42. The number of rotatable bonds is 7. The third-order valence-corrected chi connectivity index (χ3v) is 4.07. The summed E-state index contributed by atoms with van der Waals surface area (Å²) in [6.45, 7) is 3.94. The van der Waals surface area contributed by atoms with Gasteiger partial charge in [0.1, 0.15) is 0 Å². The summed E-state index contributed by atoms with van der Waals surface area (Å²) < 4.78 is 15.7. The molecule has 0 atom stereocenters. The summed E-state index contributed by atoms with van der Waals surface area (Å²) in [5.74, 6) is 0.161. The highest BCUT2D eigenvalue weighted by Gasteiger charge is 2.17. The lowest BCUT2D eigenvalue weighted by atomic mass is 10.1. The standard InChI is InChI=1S/C20H25N3O5/c1-12-6-7-13(2)15(8-12)21-11-18(24)22-23-20(25)14-9-16(26-3)19(28-5)17(10-14)27-4/h6-10,21H,11H2,1-5H3,(H,22,24)(H,23,25). The van der Waals surface area contributed by atoms with Crippen LogP contribution in [0.15, 0.2) is 30.3 Å².